The van der Waals surface area contributed by atoms with Crippen LogP contribution in [0.5, 0.6) is 0 Å². The number of rotatable bonds is 2. The van der Waals surface area contributed by atoms with Gasteiger partial charge < -0.3 is 5.32 Å². The molecule has 0 aromatic heterocycles. The van der Waals surface area contributed by atoms with E-state index < -0.39 is 0 Å². The Morgan fingerprint density at radius 2 is 2.33 bits per heavy atom. The number of nitrogens with one attached hydrogen (secondary N) is 1. The van der Waals surface area contributed by atoms with Crippen LogP contribution in [-0.4, -0.2) is 12.6 Å². The van der Waals surface area contributed by atoms with E-state index in [-0.39, 0.29) is 10.8 Å². The van der Waals surface area contributed by atoms with Crippen LogP contribution in [0.3, 0.4) is 0 Å². The van der Waals surface area contributed by atoms with Gasteiger partial charge in [0.1, 0.15) is 5.82 Å². The van der Waals surface area contributed by atoms with E-state index in [0.717, 1.165) is 24.9 Å². The Hall–Kier alpha value is -0.600. The van der Waals surface area contributed by atoms with Crippen molar-refractivity contribution in [3.63, 3.8) is 0 Å². The van der Waals surface area contributed by atoms with Crippen molar-refractivity contribution in [2.45, 2.75) is 31.7 Å². The molecule has 1 heterocycles. The van der Waals surface area contributed by atoms with Gasteiger partial charge in [0.15, 0.2) is 0 Å². The molecule has 1 fully saturated rings. The van der Waals surface area contributed by atoms with E-state index in [1.807, 2.05) is 6.07 Å². The van der Waals surface area contributed by atoms with Crippen molar-refractivity contribution in [1.29, 1.82) is 0 Å². The molecule has 1 aromatic rings. The molecule has 82 valence electrons. The van der Waals surface area contributed by atoms with Crippen LogP contribution in [-0.2, 0) is 0 Å². The molecule has 0 radical (unpaired) electrons. The average Bonchev–Trinajstić information content (AvgIpc) is 2.70. The Kier molecular flexibility index (Phi) is 3.27. The van der Waals surface area contributed by atoms with Crippen molar-refractivity contribution in [2.75, 3.05) is 6.54 Å². The lowest BCUT2D eigenvalue weighted by Gasteiger charge is -2.18. The van der Waals surface area contributed by atoms with Crippen LogP contribution < -0.4 is 5.32 Å². The Morgan fingerprint density at radius 1 is 1.53 bits per heavy atom. The third kappa shape index (κ3) is 2.16. The molecule has 0 amide bonds. The quantitative estimate of drug-likeness (QED) is 0.817. The summed E-state index contributed by atoms with van der Waals surface area (Å²) in [6.45, 7) is 3.21. The largest absolute Gasteiger partial charge is 0.313 e. The molecule has 1 aliphatic heterocycles. The lowest BCUT2D eigenvalue weighted by atomic mass is 9.91. The summed E-state index contributed by atoms with van der Waals surface area (Å²) in [5, 5.41) is 3.68. The minimum Gasteiger partial charge on any atom is -0.313 e. The van der Waals surface area contributed by atoms with E-state index in [0.29, 0.717) is 12.0 Å². The fourth-order valence-electron chi connectivity index (χ4n) is 2.34. The molecule has 0 spiro atoms. The third-order valence-electron chi connectivity index (χ3n) is 3.16. The number of hydrogen-bond acceptors (Lipinski definition) is 1. The topological polar surface area (TPSA) is 12.0 Å². The van der Waals surface area contributed by atoms with Gasteiger partial charge in [0.25, 0.3) is 0 Å². The summed E-state index contributed by atoms with van der Waals surface area (Å²) >= 11 is 5.79. The molecule has 1 N–H and O–H groups in total. The van der Waals surface area contributed by atoms with E-state index in [9.17, 15) is 4.39 Å². The zero-order valence-corrected chi connectivity index (χ0v) is 9.52. The molecule has 2 rings (SSSR count). The smallest absolute Gasteiger partial charge is 0.141 e. The first-order chi connectivity index (χ1) is 7.22. The standard InChI is InChI=1S/C12H15ClFN/c1-2-12-9(5-6-15-12)8-3-4-11(14)10(13)7-8/h3-4,7,9,12,15H,2,5-6H2,1H3. The van der Waals surface area contributed by atoms with Crippen molar-refractivity contribution in [2.24, 2.45) is 0 Å². The zero-order chi connectivity index (χ0) is 10.8. The van der Waals surface area contributed by atoms with Crippen molar-refractivity contribution in [3.05, 3.63) is 34.6 Å². The van der Waals surface area contributed by atoms with E-state index >= 15 is 0 Å². The van der Waals surface area contributed by atoms with Gasteiger partial charge in [-0.1, -0.05) is 24.6 Å². The van der Waals surface area contributed by atoms with Gasteiger partial charge in [0, 0.05) is 12.0 Å². The molecule has 2 unspecified atom stereocenters. The Bertz CT molecular complexity index is 353. The predicted octanol–water partition coefficient (Wildman–Crippen LogP) is 3.33. The highest BCUT2D eigenvalue weighted by Gasteiger charge is 2.26. The van der Waals surface area contributed by atoms with E-state index in [2.05, 4.69) is 12.2 Å². The molecule has 1 nitrogen and oxygen atoms in total. The minimum atomic E-state index is -0.334. The predicted molar refractivity (Wildman–Crippen MR) is 60.8 cm³/mol. The highest BCUT2D eigenvalue weighted by atomic mass is 35.5. The van der Waals surface area contributed by atoms with Gasteiger partial charge in [-0.25, -0.2) is 4.39 Å². The molecular formula is C12H15ClFN. The molecule has 1 saturated heterocycles. The van der Waals surface area contributed by atoms with E-state index in [4.69, 9.17) is 11.6 Å². The van der Waals surface area contributed by atoms with Crippen LogP contribution in [0.4, 0.5) is 4.39 Å². The summed E-state index contributed by atoms with van der Waals surface area (Å²) in [7, 11) is 0. The molecule has 2 atom stereocenters. The maximum Gasteiger partial charge on any atom is 0.141 e. The molecule has 15 heavy (non-hydrogen) atoms. The summed E-state index contributed by atoms with van der Waals surface area (Å²) < 4.78 is 13.0. The summed E-state index contributed by atoms with van der Waals surface area (Å²) in [4.78, 5) is 0. The second kappa shape index (κ2) is 4.50. The highest BCUT2D eigenvalue weighted by molar-refractivity contribution is 6.30. The third-order valence-corrected chi connectivity index (χ3v) is 3.45. The van der Waals surface area contributed by atoms with Gasteiger partial charge in [-0.2, -0.15) is 0 Å². The highest BCUT2D eigenvalue weighted by Crippen LogP contribution is 2.31. The molecule has 3 heteroatoms. The first kappa shape index (κ1) is 10.9. The van der Waals surface area contributed by atoms with Gasteiger partial charge in [0.2, 0.25) is 0 Å². The molecular weight excluding hydrogens is 213 g/mol. The summed E-state index contributed by atoms with van der Waals surface area (Å²) in [5.74, 6) is 0.146. The normalized spacial score (nSPS) is 25.8. The second-order valence-corrected chi connectivity index (χ2v) is 4.44. The van der Waals surface area contributed by atoms with Crippen LogP contribution >= 0.6 is 11.6 Å². The Morgan fingerprint density at radius 3 is 3.00 bits per heavy atom. The SMILES string of the molecule is CCC1NCCC1c1ccc(F)c(Cl)c1. The van der Waals surface area contributed by atoms with E-state index in [1.54, 1.807) is 6.07 Å². The van der Waals surface area contributed by atoms with Crippen LogP contribution in [0, 0.1) is 5.82 Å². The maximum atomic E-state index is 13.0. The fourth-order valence-corrected chi connectivity index (χ4v) is 2.53. The van der Waals surface area contributed by atoms with Crippen LogP contribution in [0.2, 0.25) is 5.02 Å². The van der Waals surface area contributed by atoms with Gasteiger partial charge in [-0.3, -0.25) is 0 Å². The summed E-state index contributed by atoms with van der Waals surface area (Å²) in [6, 6.07) is 5.58. The fraction of sp³-hybridized carbons (Fsp3) is 0.500. The van der Waals surface area contributed by atoms with Crippen molar-refractivity contribution in [3.8, 4) is 0 Å². The number of benzene rings is 1. The van der Waals surface area contributed by atoms with Crippen molar-refractivity contribution >= 4 is 11.6 Å². The molecule has 0 saturated carbocycles. The lowest BCUT2D eigenvalue weighted by molar-refractivity contribution is 0.530. The zero-order valence-electron chi connectivity index (χ0n) is 8.76. The van der Waals surface area contributed by atoms with Gasteiger partial charge >= 0.3 is 0 Å². The second-order valence-electron chi connectivity index (χ2n) is 4.04. The number of hydrogen-bond donors (Lipinski definition) is 1. The molecule has 0 aliphatic carbocycles. The number of halogens is 2. The average molecular weight is 228 g/mol. The summed E-state index contributed by atoms with van der Waals surface area (Å²) in [5.41, 5.74) is 1.15. The monoisotopic (exact) mass is 227 g/mol. The molecule has 1 aliphatic rings. The Labute approximate surface area is 94.6 Å². The van der Waals surface area contributed by atoms with Crippen LogP contribution in [0.25, 0.3) is 0 Å². The van der Waals surface area contributed by atoms with Crippen LogP contribution in [0.1, 0.15) is 31.2 Å². The molecule has 1 aromatic carbocycles. The first-order valence-electron chi connectivity index (χ1n) is 5.40. The minimum absolute atomic E-state index is 0.231. The van der Waals surface area contributed by atoms with Crippen molar-refractivity contribution in [1.82, 2.24) is 5.32 Å². The maximum absolute atomic E-state index is 13.0. The Balaban J connectivity index is 2.25. The lowest BCUT2D eigenvalue weighted by Crippen LogP contribution is -2.24. The van der Waals surface area contributed by atoms with E-state index in [1.165, 1.54) is 6.07 Å². The van der Waals surface area contributed by atoms with Gasteiger partial charge in [-0.15, -0.1) is 0 Å². The molecule has 0 bridgehead atoms. The first-order valence-corrected chi connectivity index (χ1v) is 5.78. The van der Waals surface area contributed by atoms with Crippen LogP contribution in [0.15, 0.2) is 18.2 Å². The van der Waals surface area contributed by atoms with Crippen molar-refractivity contribution < 1.29 is 4.39 Å². The van der Waals surface area contributed by atoms with Gasteiger partial charge in [0.05, 0.1) is 5.02 Å². The van der Waals surface area contributed by atoms with Gasteiger partial charge in [-0.05, 0) is 37.1 Å². The summed E-state index contributed by atoms with van der Waals surface area (Å²) in [6.07, 6.45) is 2.21.